The fourth-order valence-electron chi connectivity index (χ4n) is 4.28. The summed E-state index contributed by atoms with van der Waals surface area (Å²) in [6.07, 6.45) is 3.58. The molecule has 1 saturated heterocycles. The van der Waals surface area contributed by atoms with Crippen LogP contribution in [0.25, 0.3) is 23.0 Å². The molecule has 0 radical (unpaired) electrons. The largest absolute Gasteiger partial charge is 0.457 e. The first-order valence-electron chi connectivity index (χ1n) is 11.0. The number of carbonyl (C=O) groups is 2. The summed E-state index contributed by atoms with van der Waals surface area (Å²) < 4.78 is 5.99. The van der Waals surface area contributed by atoms with Gasteiger partial charge in [-0.2, -0.15) is 0 Å². The van der Waals surface area contributed by atoms with Gasteiger partial charge in [-0.1, -0.05) is 29.8 Å². The minimum absolute atomic E-state index is 0.149. The van der Waals surface area contributed by atoms with E-state index in [0.29, 0.717) is 27.7 Å². The van der Waals surface area contributed by atoms with E-state index in [2.05, 4.69) is 22.6 Å². The highest BCUT2D eigenvalue weighted by Crippen LogP contribution is 2.34. The number of hydrogen-bond acceptors (Lipinski definition) is 4. The molecule has 2 aliphatic rings. The summed E-state index contributed by atoms with van der Waals surface area (Å²) in [5, 5.41) is 6.37. The van der Waals surface area contributed by atoms with Gasteiger partial charge in [-0.3, -0.25) is 9.59 Å². The minimum Gasteiger partial charge on any atom is -0.457 e. The molecule has 0 saturated carbocycles. The van der Waals surface area contributed by atoms with Crippen LogP contribution in [0.2, 0.25) is 5.02 Å². The van der Waals surface area contributed by atoms with Gasteiger partial charge in [-0.25, -0.2) is 0 Å². The number of likely N-dealkylation sites (tertiary alicyclic amines) is 1. The van der Waals surface area contributed by atoms with Crippen LogP contribution in [0, 0.1) is 0 Å². The van der Waals surface area contributed by atoms with Crippen molar-refractivity contribution < 1.29 is 14.0 Å². The highest BCUT2D eigenvalue weighted by atomic mass is 35.5. The molecule has 2 N–H and O–H groups in total. The number of para-hydroxylation sites is 1. The Morgan fingerprint density at radius 3 is 2.76 bits per heavy atom. The first kappa shape index (κ1) is 21.5. The summed E-state index contributed by atoms with van der Waals surface area (Å²) in [6, 6.07) is 16.6. The zero-order chi connectivity index (χ0) is 22.9. The second kappa shape index (κ2) is 8.89. The third-order valence-corrected chi connectivity index (χ3v) is 6.50. The minimum atomic E-state index is -0.176. The van der Waals surface area contributed by atoms with Crippen molar-refractivity contribution in [2.45, 2.75) is 18.9 Å². The molecule has 0 unspecified atom stereocenters. The molecule has 168 valence electrons. The summed E-state index contributed by atoms with van der Waals surface area (Å²) in [5.74, 6) is 0.815. The van der Waals surface area contributed by atoms with Crippen LogP contribution >= 0.6 is 11.6 Å². The summed E-state index contributed by atoms with van der Waals surface area (Å²) in [4.78, 5) is 27.5. The van der Waals surface area contributed by atoms with Gasteiger partial charge in [0.1, 0.15) is 11.5 Å². The zero-order valence-electron chi connectivity index (χ0n) is 18.2. The Kier molecular flexibility index (Phi) is 5.79. The average molecular weight is 462 g/mol. The van der Waals surface area contributed by atoms with Gasteiger partial charge in [0, 0.05) is 22.9 Å². The van der Waals surface area contributed by atoms with Crippen LogP contribution in [0.15, 0.2) is 59.0 Å². The number of nitrogens with zero attached hydrogens (tertiary/aromatic N) is 1. The molecule has 1 fully saturated rings. The zero-order valence-corrected chi connectivity index (χ0v) is 19.0. The molecule has 2 amide bonds. The fourth-order valence-corrected chi connectivity index (χ4v) is 4.48. The second-order valence-electron chi connectivity index (χ2n) is 8.51. The average Bonchev–Trinajstić information content (AvgIpc) is 3.40. The number of furan rings is 1. The summed E-state index contributed by atoms with van der Waals surface area (Å²) in [7, 11) is 2.09. The van der Waals surface area contributed by atoms with Crippen molar-refractivity contribution in [2.75, 3.05) is 25.5 Å². The predicted octanol–water partition coefficient (Wildman–Crippen LogP) is 4.92. The van der Waals surface area contributed by atoms with E-state index in [9.17, 15) is 9.59 Å². The van der Waals surface area contributed by atoms with E-state index in [1.165, 1.54) is 0 Å². The van der Waals surface area contributed by atoms with Crippen LogP contribution in [0.4, 0.5) is 5.69 Å². The molecular formula is C26H24ClN3O3. The third kappa shape index (κ3) is 4.45. The molecule has 1 aromatic heterocycles. The predicted molar refractivity (Wildman–Crippen MR) is 130 cm³/mol. The Morgan fingerprint density at radius 1 is 1.15 bits per heavy atom. The summed E-state index contributed by atoms with van der Waals surface area (Å²) in [5.41, 5.74) is 3.36. The van der Waals surface area contributed by atoms with E-state index in [-0.39, 0.29) is 17.9 Å². The van der Waals surface area contributed by atoms with Crippen LogP contribution in [0.1, 0.15) is 34.5 Å². The number of nitrogens with one attached hydrogen (secondary N) is 2. The molecule has 0 aliphatic carbocycles. The Labute approximate surface area is 197 Å². The monoisotopic (exact) mass is 461 g/mol. The van der Waals surface area contributed by atoms with Gasteiger partial charge in [0.15, 0.2) is 0 Å². The van der Waals surface area contributed by atoms with E-state index in [4.69, 9.17) is 16.0 Å². The molecule has 6 nitrogen and oxygen atoms in total. The molecule has 2 aliphatic heterocycles. The lowest BCUT2D eigenvalue weighted by Gasteiger charge is -2.29. The number of amides is 2. The normalized spacial score (nSPS) is 17.8. The van der Waals surface area contributed by atoms with Crippen molar-refractivity contribution in [3.8, 4) is 11.3 Å². The van der Waals surface area contributed by atoms with E-state index in [1.54, 1.807) is 18.2 Å². The molecule has 0 spiro atoms. The van der Waals surface area contributed by atoms with Crippen molar-refractivity contribution in [1.29, 1.82) is 0 Å². The molecule has 0 bridgehead atoms. The Bertz CT molecular complexity index is 1260. The van der Waals surface area contributed by atoms with Crippen molar-refractivity contribution in [3.05, 3.63) is 76.5 Å². The van der Waals surface area contributed by atoms with Crippen molar-refractivity contribution in [2.24, 2.45) is 0 Å². The van der Waals surface area contributed by atoms with Gasteiger partial charge in [0.25, 0.3) is 11.8 Å². The van der Waals surface area contributed by atoms with Crippen LogP contribution in [-0.4, -0.2) is 42.9 Å². The molecule has 3 heterocycles. The first-order valence-corrected chi connectivity index (χ1v) is 11.4. The van der Waals surface area contributed by atoms with Crippen molar-refractivity contribution in [1.82, 2.24) is 10.2 Å². The lowest BCUT2D eigenvalue weighted by Crippen LogP contribution is -2.43. The van der Waals surface area contributed by atoms with Gasteiger partial charge >= 0.3 is 0 Å². The lowest BCUT2D eigenvalue weighted by molar-refractivity contribution is -0.110. The van der Waals surface area contributed by atoms with Crippen LogP contribution in [0.5, 0.6) is 0 Å². The SMILES string of the molecule is CN1CCC(NC(=O)c2cc(-c3ccc(C=C4C(=O)Nc5ccccc54)o3)ccc2Cl)CC1. The molecular weight excluding hydrogens is 438 g/mol. The maximum Gasteiger partial charge on any atom is 0.256 e. The number of piperidine rings is 1. The highest BCUT2D eigenvalue weighted by molar-refractivity contribution is 6.35. The molecule has 0 atom stereocenters. The van der Waals surface area contributed by atoms with Crippen LogP contribution < -0.4 is 10.6 Å². The molecule has 2 aromatic carbocycles. The fraction of sp³-hybridized carbons (Fsp3) is 0.231. The lowest BCUT2D eigenvalue weighted by atomic mass is 10.0. The van der Waals surface area contributed by atoms with E-state index >= 15 is 0 Å². The number of carbonyl (C=O) groups excluding carboxylic acids is 2. The van der Waals surface area contributed by atoms with Crippen LogP contribution in [-0.2, 0) is 4.79 Å². The van der Waals surface area contributed by atoms with Gasteiger partial charge in [-0.05, 0) is 75.5 Å². The van der Waals surface area contributed by atoms with Crippen LogP contribution in [0.3, 0.4) is 0 Å². The van der Waals surface area contributed by atoms with Gasteiger partial charge in [0.2, 0.25) is 0 Å². The Hall–Kier alpha value is -3.35. The second-order valence-corrected chi connectivity index (χ2v) is 8.91. The number of hydrogen-bond donors (Lipinski definition) is 2. The smallest absolute Gasteiger partial charge is 0.256 e. The number of benzene rings is 2. The van der Waals surface area contributed by atoms with Crippen molar-refractivity contribution in [3.63, 3.8) is 0 Å². The highest BCUT2D eigenvalue weighted by Gasteiger charge is 2.24. The summed E-state index contributed by atoms with van der Waals surface area (Å²) >= 11 is 6.35. The van der Waals surface area contributed by atoms with E-state index < -0.39 is 0 Å². The maximum absolute atomic E-state index is 12.9. The Balaban J connectivity index is 1.37. The third-order valence-electron chi connectivity index (χ3n) is 6.17. The van der Waals surface area contributed by atoms with Gasteiger partial charge in [-0.15, -0.1) is 0 Å². The number of anilines is 1. The maximum atomic E-state index is 12.9. The van der Waals surface area contributed by atoms with Gasteiger partial charge < -0.3 is 20.0 Å². The molecule has 3 aromatic rings. The first-order chi connectivity index (χ1) is 16.0. The molecule has 7 heteroatoms. The molecule has 33 heavy (non-hydrogen) atoms. The summed E-state index contributed by atoms with van der Waals surface area (Å²) in [6.45, 7) is 1.93. The quantitative estimate of drug-likeness (QED) is 0.541. The number of rotatable bonds is 4. The molecule has 5 rings (SSSR count). The Morgan fingerprint density at radius 2 is 1.94 bits per heavy atom. The number of halogens is 1. The topological polar surface area (TPSA) is 74.6 Å². The van der Waals surface area contributed by atoms with E-state index in [0.717, 1.165) is 42.7 Å². The standard InChI is InChI=1S/C26H24ClN3O3/c1-30-12-10-17(11-13-30)28-26(32)21-14-16(6-8-22(21)27)24-9-7-18(33-24)15-20-19-4-2-3-5-23(19)29-25(20)31/h2-9,14-15,17H,10-13H2,1H3,(H,28,32)(H,29,31). The van der Waals surface area contributed by atoms with Gasteiger partial charge in [0.05, 0.1) is 16.2 Å². The van der Waals surface area contributed by atoms with Crippen molar-refractivity contribution >= 4 is 40.8 Å². The number of fused-ring (bicyclic) bond motifs is 1. The van der Waals surface area contributed by atoms with E-state index in [1.807, 2.05) is 42.5 Å².